The van der Waals surface area contributed by atoms with E-state index >= 15 is 0 Å². The molecule has 0 spiro atoms. The number of nitrogens with zero attached hydrogens (tertiary/aromatic N) is 1. The SMILES string of the molecule is COc1ccc(C(=O)c2cccc(NCC(=O)NCC3CCN(C(C)C)CC3)c2SC(F)(F)F)cc1. The molecule has 0 aromatic heterocycles. The fraction of sp³-hybridized carbons (Fsp3) is 0.462. The molecule has 0 bridgehead atoms. The van der Waals surface area contributed by atoms with Crippen LogP contribution in [0.1, 0.15) is 42.6 Å². The van der Waals surface area contributed by atoms with Gasteiger partial charge in [0.1, 0.15) is 5.75 Å². The summed E-state index contributed by atoms with van der Waals surface area (Å²) in [6.07, 6.45) is 1.99. The molecule has 1 amide bonds. The van der Waals surface area contributed by atoms with Crippen molar-refractivity contribution in [1.82, 2.24) is 10.2 Å². The highest BCUT2D eigenvalue weighted by molar-refractivity contribution is 8.00. The van der Waals surface area contributed by atoms with E-state index in [9.17, 15) is 22.8 Å². The topological polar surface area (TPSA) is 70.7 Å². The first-order valence-corrected chi connectivity index (χ1v) is 12.7. The van der Waals surface area contributed by atoms with Gasteiger partial charge in [-0.25, -0.2) is 0 Å². The molecule has 2 aromatic carbocycles. The van der Waals surface area contributed by atoms with E-state index in [0.29, 0.717) is 24.3 Å². The highest BCUT2D eigenvalue weighted by Gasteiger charge is 2.33. The first-order chi connectivity index (χ1) is 17.1. The Morgan fingerprint density at radius 3 is 2.36 bits per heavy atom. The number of rotatable bonds is 10. The molecule has 10 heteroatoms. The standard InChI is InChI=1S/C26H32F3N3O3S/c1-17(2)32-13-11-18(12-14-32)15-31-23(33)16-30-22-6-4-5-21(25(22)36-26(27,28)29)24(34)19-7-9-20(35-3)10-8-19/h4-10,17-18,30H,11-16H2,1-3H3,(H,31,33). The normalized spacial score (nSPS) is 15.1. The largest absolute Gasteiger partial charge is 0.497 e. The molecule has 1 fully saturated rings. The molecular weight excluding hydrogens is 491 g/mol. The summed E-state index contributed by atoms with van der Waals surface area (Å²) in [5, 5.41) is 5.68. The monoisotopic (exact) mass is 523 g/mol. The Balaban J connectivity index is 1.67. The van der Waals surface area contributed by atoms with Gasteiger partial charge >= 0.3 is 5.51 Å². The summed E-state index contributed by atoms with van der Waals surface area (Å²) in [4.78, 5) is 27.6. The minimum absolute atomic E-state index is 0.0806. The Kier molecular flexibility index (Phi) is 9.67. The number of ether oxygens (including phenoxy) is 1. The van der Waals surface area contributed by atoms with Crippen LogP contribution >= 0.6 is 11.8 Å². The lowest BCUT2D eigenvalue weighted by Crippen LogP contribution is -2.42. The van der Waals surface area contributed by atoms with Crippen molar-refractivity contribution in [3.05, 3.63) is 53.6 Å². The fourth-order valence-electron chi connectivity index (χ4n) is 4.15. The Morgan fingerprint density at radius 1 is 1.11 bits per heavy atom. The number of ketones is 1. The number of halogens is 3. The van der Waals surface area contributed by atoms with Crippen molar-refractivity contribution in [3.8, 4) is 5.75 Å². The van der Waals surface area contributed by atoms with Crippen molar-refractivity contribution in [2.24, 2.45) is 5.92 Å². The van der Waals surface area contributed by atoms with Crippen LogP contribution in [0.5, 0.6) is 5.75 Å². The molecule has 0 atom stereocenters. The van der Waals surface area contributed by atoms with Gasteiger partial charge in [0.05, 0.1) is 18.6 Å². The highest BCUT2D eigenvalue weighted by Crippen LogP contribution is 2.43. The van der Waals surface area contributed by atoms with Gasteiger partial charge in [0.15, 0.2) is 5.78 Å². The number of carbonyl (C=O) groups excluding carboxylic acids is 2. The van der Waals surface area contributed by atoms with Crippen LogP contribution < -0.4 is 15.4 Å². The van der Waals surface area contributed by atoms with Gasteiger partial charge in [0.2, 0.25) is 5.91 Å². The number of benzene rings is 2. The van der Waals surface area contributed by atoms with Gasteiger partial charge in [-0.3, -0.25) is 9.59 Å². The molecule has 1 aliphatic heterocycles. The van der Waals surface area contributed by atoms with E-state index in [1.54, 1.807) is 12.1 Å². The molecule has 0 unspecified atom stereocenters. The van der Waals surface area contributed by atoms with Gasteiger partial charge < -0.3 is 20.3 Å². The number of alkyl halides is 3. The number of piperidine rings is 1. The quantitative estimate of drug-likeness (QED) is 0.330. The second-order valence-corrected chi connectivity index (χ2v) is 10.1. The number of hydrogen-bond donors (Lipinski definition) is 2. The summed E-state index contributed by atoms with van der Waals surface area (Å²) >= 11 is -0.370. The van der Waals surface area contributed by atoms with Crippen LogP contribution in [0.25, 0.3) is 0 Å². The smallest absolute Gasteiger partial charge is 0.446 e. The summed E-state index contributed by atoms with van der Waals surface area (Å²) in [6.45, 7) is 6.65. The Bertz CT molecular complexity index is 1040. The van der Waals surface area contributed by atoms with Crippen molar-refractivity contribution in [1.29, 1.82) is 0 Å². The van der Waals surface area contributed by atoms with Gasteiger partial charge in [-0.05, 0) is 93.9 Å². The molecule has 6 nitrogen and oxygen atoms in total. The minimum atomic E-state index is -4.61. The predicted molar refractivity (Wildman–Crippen MR) is 136 cm³/mol. The zero-order valence-corrected chi connectivity index (χ0v) is 21.5. The highest BCUT2D eigenvalue weighted by atomic mass is 32.2. The maximum atomic E-state index is 13.4. The number of methoxy groups -OCH3 is 1. The van der Waals surface area contributed by atoms with Gasteiger partial charge in [-0.2, -0.15) is 13.2 Å². The maximum Gasteiger partial charge on any atom is 0.446 e. The average molecular weight is 524 g/mol. The van der Waals surface area contributed by atoms with Crippen molar-refractivity contribution in [3.63, 3.8) is 0 Å². The summed E-state index contributed by atoms with van der Waals surface area (Å²) in [6, 6.07) is 10.9. The van der Waals surface area contributed by atoms with Gasteiger partial charge in [0.25, 0.3) is 0 Å². The third-order valence-electron chi connectivity index (χ3n) is 6.24. The summed E-state index contributed by atoms with van der Waals surface area (Å²) in [5.41, 5.74) is -4.39. The molecule has 196 valence electrons. The molecule has 2 aromatic rings. The Morgan fingerprint density at radius 2 is 1.78 bits per heavy atom. The molecule has 2 N–H and O–H groups in total. The zero-order chi connectivity index (χ0) is 26.3. The van der Waals surface area contributed by atoms with Crippen LogP contribution in [0, 0.1) is 5.92 Å². The van der Waals surface area contributed by atoms with Crippen LogP contribution in [-0.4, -0.2) is 61.4 Å². The third-order valence-corrected chi connectivity index (χ3v) is 7.11. The van der Waals surface area contributed by atoms with E-state index in [4.69, 9.17) is 4.74 Å². The third kappa shape index (κ3) is 7.89. The van der Waals surface area contributed by atoms with E-state index < -0.39 is 11.3 Å². The molecule has 1 heterocycles. The van der Waals surface area contributed by atoms with Crippen LogP contribution in [0.15, 0.2) is 47.4 Å². The van der Waals surface area contributed by atoms with Gasteiger partial charge in [-0.1, -0.05) is 6.07 Å². The van der Waals surface area contributed by atoms with E-state index in [2.05, 4.69) is 29.4 Å². The van der Waals surface area contributed by atoms with Crippen LogP contribution in [0.3, 0.4) is 0 Å². The fourth-order valence-corrected chi connectivity index (χ4v) is 4.90. The van der Waals surface area contributed by atoms with E-state index in [0.717, 1.165) is 25.9 Å². The van der Waals surface area contributed by atoms with Crippen LogP contribution in [0.2, 0.25) is 0 Å². The lowest BCUT2D eigenvalue weighted by atomic mass is 9.96. The number of likely N-dealkylation sites (tertiary alicyclic amines) is 1. The number of thioether (sulfide) groups is 1. The first-order valence-electron chi connectivity index (χ1n) is 11.9. The van der Waals surface area contributed by atoms with Gasteiger partial charge in [-0.15, -0.1) is 0 Å². The number of anilines is 1. The number of amides is 1. The van der Waals surface area contributed by atoms with E-state index in [1.165, 1.54) is 37.4 Å². The summed E-state index contributed by atoms with van der Waals surface area (Å²) in [7, 11) is 1.48. The first kappa shape index (κ1) is 27.9. The average Bonchev–Trinajstić information content (AvgIpc) is 2.85. The Hall–Kier alpha value is -2.72. The molecule has 0 radical (unpaired) electrons. The maximum absolute atomic E-state index is 13.4. The van der Waals surface area contributed by atoms with Crippen molar-refractivity contribution < 1.29 is 27.5 Å². The molecule has 3 rings (SSSR count). The predicted octanol–water partition coefficient (Wildman–Crippen LogP) is 5.19. The number of nitrogens with one attached hydrogen (secondary N) is 2. The molecule has 0 aliphatic carbocycles. The van der Waals surface area contributed by atoms with E-state index in [-0.39, 0.29) is 45.9 Å². The van der Waals surface area contributed by atoms with Crippen LogP contribution in [-0.2, 0) is 4.79 Å². The lowest BCUT2D eigenvalue weighted by molar-refractivity contribution is -0.119. The van der Waals surface area contributed by atoms with Crippen molar-refractivity contribution in [2.75, 3.05) is 38.6 Å². The summed E-state index contributed by atoms with van der Waals surface area (Å²) in [5.74, 6) is 0.0514. The van der Waals surface area contributed by atoms with Gasteiger partial charge in [0, 0.05) is 29.4 Å². The van der Waals surface area contributed by atoms with Crippen molar-refractivity contribution in [2.45, 2.75) is 43.1 Å². The second-order valence-electron chi connectivity index (χ2n) is 9.02. The lowest BCUT2D eigenvalue weighted by Gasteiger charge is -2.34. The minimum Gasteiger partial charge on any atom is -0.497 e. The Labute approximate surface area is 214 Å². The molecule has 36 heavy (non-hydrogen) atoms. The molecular formula is C26H32F3N3O3S. The zero-order valence-electron chi connectivity index (χ0n) is 20.7. The summed E-state index contributed by atoms with van der Waals surface area (Å²) < 4.78 is 45.3. The second kappa shape index (κ2) is 12.5. The molecule has 1 saturated heterocycles. The number of hydrogen-bond acceptors (Lipinski definition) is 6. The molecule has 0 saturated carbocycles. The molecule has 1 aliphatic rings. The number of carbonyl (C=O) groups is 2. The van der Waals surface area contributed by atoms with Crippen molar-refractivity contribution >= 4 is 29.1 Å². The van der Waals surface area contributed by atoms with Crippen LogP contribution in [0.4, 0.5) is 18.9 Å². The van der Waals surface area contributed by atoms with E-state index in [1.807, 2.05) is 0 Å².